The lowest BCUT2D eigenvalue weighted by molar-refractivity contribution is -0.119. The zero-order valence-corrected chi connectivity index (χ0v) is 16.4. The Morgan fingerprint density at radius 3 is 2.18 bits per heavy atom. The highest BCUT2D eigenvalue weighted by atomic mass is 32.2. The number of ether oxygens (including phenoxy) is 3. The van der Waals surface area contributed by atoms with E-state index in [1.807, 2.05) is 0 Å². The Bertz CT molecular complexity index is 920. The fourth-order valence-corrected chi connectivity index (χ4v) is 3.24. The molecule has 0 aliphatic carbocycles. The van der Waals surface area contributed by atoms with Crippen molar-refractivity contribution in [3.05, 3.63) is 48.0 Å². The van der Waals surface area contributed by atoms with Crippen molar-refractivity contribution >= 4 is 22.1 Å². The van der Waals surface area contributed by atoms with Crippen LogP contribution in [-0.2, 0) is 14.8 Å². The molecule has 0 spiro atoms. The van der Waals surface area contributed by atoms with Gasteiger partial charge in [-0.1, -0.05) is 18.2 Å². The Labute approximate surface area is 163 Å². The van der Waals surface area contributed by atoms with Crippen molar-refractivity contribution in [2.24, 2.45) is 5.10 Å². The van der Waals surface area contributed by atoms with E-state index in [1.54, 1.807) is 30.3 Å². The molecule has 1 amide bonds. The van der Waals surface area contributed by atoms with Gasteiger partial charge in [0.25, 0.3) is 5.91 Å². The first-order valence-corrected chi connectivity index (χ1v) is 9.56. The molecule has 2 aromatic rings. The summed E-state index contributed by atoms with van der Waals surface area (Å²) in [5, 5.41) is 3.81. The molecule has 10 heteroatoms. The number of hydrogen-bond acceptors (Lipinski definition) is 7. The molecule has 0 aromatic heterocycles. The van der Waals surface area contributed by atoms with Crippen LogP contribution in [0.15, 0.2) is 52.5 Å². The summed E-state index contributed by atoms with van der Waals surface area (Å²) in [6, 6.07) is 11.0. The molecule has 2 rings (SSSR count). The van der Waals surface area contributed by atoms with Gasteiger partial charge >= 0.3 is 0 Å². The number of hydrazone groups is 1. The summed E-state index contributed by atoms with van der Waals surface area (Å²) in [5.41, 5.74) is 2.83. The smallest absolute Gasteiger partial charge is 0.255 e. The number of carbonyl (C=O) groups is 1. The molecule has 0 aliphatic rings. The Balaban J connectivity index is 1.98. The standard InChI is InChI=1S/C18H21N3O6S/c1-25-15-9-13(10-16(26-2)18(15)27-3)11-19-21-17(22)12-20-28(23,24)14-7-5-4-6-8-14/h4-11,20H,12H2,1-3H3,(H,21,22)/b19-11-. The normalized spacial score (nSPS) is 11.2. The highest BCUT2D eigenvalue weighted by Gasteiger charge is 2.15. The molecule has 0 saturated carbocycles. The molecule has 0 saturated heterocycles. The van der Waals surface area contributed by atoms with E-state index in [1.165, 1.54) is 39.7 Å². The van der Waals surface area contributed by atoms with Crippen molar-refractivity contribution in [2.45, 2.75) is 4.90 Å². The van der Waals surface area contributed by atoms with Gasteiger partial charge in [0.2, 0.25) is 15.8 Å². The summed E-state index contributed by atoms with van der Waals surface area (Å²) in [5.74, 6) is 0.681. The summed E-state index contributed by atoms with van der Waals surface area (Å²) in [7, 11) is 0.693. The fraction of sp³-hybridized carbons (Fsp3) is 0.222. The van der Waals surface area contributed by atoms with E-state index in [2.05, 4.69) is 15.2 Å². The third-order valence-corrected chi connectivity index (χ3v) is 4.98. The fourth-order valence-electron chi connectivity index (χ4n) is 2.24. The molecule has 28 heavy (non-hydrogen) atoms. The van der Waals surface area contributed by atoms with Crippen LogP contribution in [0.2, 0.25) is 0 Å². The van der Waals surface area contributed by atoms with Crippen molar-refractivity contribution in [1.82, 2.24) is 10.1 Å². The maximum absolute atomic E-state index is 12.1. The van der Waals surface area contributed by atoms with Gasteiger partial charge in [-0.25, -0.2) is 18.6 Å². The molecule has 0 fully saturated rings. The lowest BCUT2D eigenvalue weighted by Gasteiger charge is -2.12. The van der Waals surface area contributed by atoms with E-state index in [-0.39, 0.29) is 4.90 Å². The number of hydrogen-bond donors (Lipinski definition) is 2. The maximum atomic E-state index is 12.1. The van der Waals surface area contributed by atoms with Crippen molar-refractivity contribution in [1.29, 1.82) is 0 Å². The molecule has 0 atom stereocenters. The van der Waals surface area contributed by atoms with E-state index in [0.29, 0.717) is 22.8 Å². The van der Waals surface area contributed by atoms with Crippen LogP contribution in [0.3, 0.4) is 0 Å². The number of sulfonamides is 1. The van der Waals surface area contributed by atoms with Crippen LogP contribution in [0.1, 0.15) is 5.56 Å². The Morgan fingerprint density at radius 2 is 1.64 bits per heavy atom. The summed E-state index contributed by atoms with van der Waals surface area (Å²) in [6.45, 7) is -0.455. The molecular formula is C18H21N3O6S. The number of nitrogens with zero attached hydrogens (tertiary/aromatic N) is 1. The average molecular weight is 407 g/mol. The van der Waals surface area contributed by atoms with Gasteiger partial charge in [-0.2, -0.15) is 5.10 Å². The molecule has 0 unspecified atom stereocenters. The van der Waals surface area contributed by atoms with Crippen molar-refractivity contribution in [2.75, 3.05) is 27.9 Å². The van der Waals surface area contributed by atoms with Gasteiger partial charge in [0.1, 0.15) is 0 Å². The van der Waals surface area contributed by atoms with Crippen LogP contribution in [0.25, 0.3) is 0 Å². The first-order valence-electron chi connectivity index (χ1n) is 8.08. The molecule has 2 aromatic carbocycles. The molecular weight excluding hydrogens is 386 g/mol. The third-order valence-electron chi connectivity index (χ3n) is 3.57. The van der Waals surface area contributed by atoms with Gasteiger partial charge in [0.15, 0.2) is 11.5 Å². The van der Waals surface area contributed by atoms with Crippen LogP contribution < -0.4 is 24.4 Å². The molecule has 0 heterocycles. The molecule has 0 aliphatic heterocycles. The van der Waals surface area contributed by atoms with Crippen molar-refractivity contribution in [3.63, 3.8) is 0 Å². The van der Waals surface area contributed by atoms with Crippen LogP contribution in [-0.4, -0.2) is 48.4 Å². The summed E-state index contributed by atoms with van der Waals surface area (Å²) < 4.78 is 42.0. The van der Waals surface area contributed by atoms with Gasteiger partial charge in [0, 0.05) is 5.56 Å². The monoisotopic (exact) mass is 407 g/mol. The second-order valence-corrected chi connectivity index (χ2v) is 7.16. The second kappa shape index (κ2) is 9.72. The van der Waals surface area contributed by atoms with Crippen molar-refractivity contribution in [3.8, 4) is 17.2 Å². The van der Waals surface area contributed by atoms with E-state index >= 15 is 0 Å². The van der Waals surface area contributed by atoms with Gasteiger partial charge in [-0.15, -0.1) is 0 Å². The highest BCUT2D eigenvalue weighted by molar-refractivity contribution is 7.89. The zero-order chi connectivity index (χ0) is 20.6. The summed E-state index contributed by atoms with van der Waals surface area (Å²) in [6.07, 6.45) is 1.37. The maximum Gasteiger partial charge on any atom is 0.255 e. The Hall–Kier alpha value is -3.11. The lowest BCUT2D eigenvalue weighted by atomic mass is 10.2. The zero-order valence-electron chi connectivity index (χ0n) is 15.6. The minimum atomic E-state index is -3.77. The van der Waals surface area contributed by atoms with Crippen LogP contribution >= 0.6 is 0 Å². The van der Waals surface area contributed by atoms with Gasteiger partial charge in [-0.05, 0) is 24.3 Å². The predicted molar refractivity (Wildman–Crippen MR) is 103 cm³/mol. The first-order chi connectivity index (χ1) is 13.4. The number of amides is 1. The van der Waals surface area contributed by atoms with E-state index in [4.69, 9.17) is 14.2 Å². The quantitative estimate of drug-likeness (QED) is 0.476. The van der Waals surface area contributed by atoms with Gasteiger partial charge in [0.05, 0.1) is 39.0 Å². The lowest BCUT2D eigenvalue weighted by Crippen LogP contribution is -2.34. The van der Waals surface area contributed by atoms with Gasteiger partial charge < -0.3 is 14.2 Å². The topological polar surface area (TPSA) is 115 Å². The molecule has 9 nitrogen and oxygen atoms in total. The highest BCUT2D eigenvalue weighted by Crippen LogP contribution is 2.37. The van der Waals surface area contributed by atoms with Crippen LogP contribution in [0.5, 0.6) is 17.2 Å². The Kier molecular flexibility index (Phi) is 7.36. The largest absolute Gasteiger partial charge is 0.493 e. The summed E-state index contributed by atoms with van der Waals surface area (Å²) in [4.78, 5) is 11.9. The summed E-state index contributed by atoms with van der Waals surface area (Å²) >= 11 is 0. The predicted octanol–water partition coefficient (Wildman–Crippen LogP) is 1.14. The SMILES string of the molecule is COc1cc(/C=N\NC(=O)CNS(=O)(=O)c2ccccc2)cc(OC)c1OC. The molecule has 0 radical (unpaired) electrons. The Morgan fingerprint density at radius 1 is 1.04 bits per heavy atom. The van der Waals surface area contributed by atoms with Crippen molar-refractivity contribution < 1.29 is 27.4 Å². The average Bonchev–Trinajstić information content (AvgIpc) is 2.72. The van der Waals surface area contributed by atoms with E-state index < -0.39 is 22.5 Å². The van der Waals surface area contributed by atoms with Crippen LogP contribution in [0, 0.1) is 0 Å². The van der Waals surface area contributed by atoms with E-state index in [0.717, 1.165) is 0 Å². The minimum absolute atomic E-state index is 0.0729. The van der Waals surface area contributed by atoms with Crippen LogP contribution in [0.4, 0.5) is 0 Å². The first kappa shape index (κ1) is 21.2. The third kappa shape index (κ3) is 5.44. The molecule has 0 bridgehead atoms. The van der Waals surface area contributed by atoms with Gasteiger partial charge in [-0.3, -0.25) is 4.79 Å². The number of rotatable bonds is 9. The minimum Gasteiger partial charge on any atom is -0.493 e. The molecule has 150 valence electrons. The number of methoxy groups -OCH3 is 3. The van der Waals surface area contributed by atoms with E-state index in [9.17, 15) is 13.2 Å². The molecule has 2 N–H and O–H groups in total. The second-order valence-electron chi connectivity index (χ2n) is 5.39. The number of nitrogens with one attached hydrogen (secondary N) is 2. The number of carbonyl (C=O) groups excluding carboxylic acids is 1. The number of benzene rings is 2.